The van der Waals surface area contributed by atoms with E-state index in [1.54, 1.807) is 48.5 Å². The molecule has 0 aliphatic carbocycles. The fourth-order valence-electron chi connectivity index (χ4n) is 3.61. The van der Waals surface area contributed by atoms with Gasteiger partial charge in [0.1, 0.15) is 0 Å². The molecule has 4 N–H and O–H groups in total. The van der Waals surface area contributed by atoms with Crippen LogP contribution in [0.25, 0.3) is 0 Å². The van der Waals surface area contributed by atoms with Gasteiger partial charge in [0.05, 0.1) is 0 Å². The van der Waals surface area contributed by atoms with Gasteiger partial charge in [0.25, 0.3) is 11.8 Å². The van der Waals surface area contributed by atoms with Crippen molar-refractivity contribution in [3.8, 4) is 0 Å². The van der Waals surface area contributed by atoms with Crippen LogP contribution in [0.2, 0.25) is 0 Å². The Kier molecular flexibility index (Phi) is 16.6. The van der Waals surface area contributed by atoms with E-state index < -0.39 is 18.2 Å². The van der Waals surface area contributed by atoms with Crippen molar-refractivity contribution in [1.29, 1.82) is 0 Å². The summed E-state index contributed by atoms with van der Waals surface area (Å²) in [5.74, 6) is -1.20. The Balaban J connectivity index is 0.000000395. The van der Waals surface area contributed by atoms with Gasteiger partial charge in [-0.05, 0) is 16.7 Å². The summed E-state index contributed by atoms with van der Waals surface area (Å²) in [4.78, 5) is 35.2. The molecule has 2 atom stereocenters. The maximum absolute atomic E-state index is 12.3. The Bertz CT molecular complexity index is 1310. The normalized spacial score (nSPS) is 11.1. The summed E-state index contributed by atoms with van der Waals surface area (Å²) in [5, 5.41) is 15.4. The topological polar surface area (TPSA) is 135 Å². The van der Waals surface area contributed by atoms with Gasteiger partial charge < -0.3 is 26.0 Å². The van der Waals surface area contributed by atoms with E-state index in [0.717, 1.165) is 11.1 Å². The van der Waals surface area contributed by atoms with Crippen molar-refractivity contribution in [2.24, 2.45) is 0 Å². The minimum atomic E-state index is -1.12. The molecule has 0 unspecified atom stereocenters. The molecule has 4 rings (SSSR count). The average Bonchev–Trinajstić information content (AvgIpc) is 2.99. The number of rotatable bonds is 9. The second-order valence-electron chi connectivity index (χ2n) is 8.62. The minimum absolute atomic E-state index is 0. The molecule has 0 saturated carbocycles. The number of aliphatic hydroxyl groups excluding tert-OH is 1. The summed E-state index contributed by atoms with van der Waals surface area (Å²) < 4.78 is 5.14. The minimum Gasteiger partial charge on any atom is -0.870 e. The Morgan fingerprint density at radius 2 is 1.00 bits per heavy atom. The van der Waals surface area contributed by atoms with E-state index in [1.807, 2.05) is 72.8 Å². The van der Waals surface area contributed by atoms with Crippen molar-refractivity contribution in [3.63, 3.8) is 0 Å². The summed E-state index contributed by atoms with van der Waals surface area (Å²) in [6, 6.07) is 37.0. The molecule has 0 bridgehead atoms. The molecule has 0 aromatic heterocycles. The number of hydrogen-bond donors (Lipinski definition) is 3. The summed E-state index contributed by atoms with van der Waals surface area (Å²) in [6.45, 7) is 2.11. The van der Waals surface area contributed by atoms with Gasteiger partial charge >= 0.3 is 35.5 Å². The molecule has 41 heavy (non-hydrogen) atoms. The van der Waals surface area contributed by atoms with Crippen molar-refractivity contribution in [2.45, 2.75) is 32.2 Å². The number of hydrogen-bond acceptors (Lipinski definition) is 6. The quantitative estimate of drug-likeness (QED) is 0.208. The van der Waals surface area contributed by atoms with E-state index in [0.29, 0.717) is 24.2 Å². The number of carbonyl (C=O) groups is 3. The smallest absolute Gasteiger partial charge is 0.870 e. The van der Waals surface area contributed by atoms with Crippen molar-refractivity contribution >= 4 is 17.8 Å². The molecular formula is C32H33N2NaO6. The summed E-state index contributed by atoms with van der Waals surface area (Å²) >= 11 is 0. The third-order valence-electron chi connectivity index (χ3n) is 5.61. The Morgan fingerprint density at radius 1 is 0.634 bits per heavy atom. The Hall–Kier alpha value is -3.79. The van der Waals surface area contributed by atoms with Gasteiger partial charge in [-0.2, -0.15) is 0 Å². The number of ether oxygens (including phenoxy) is 1. The third kappa shape index (κ3) is 12.5. The maximum atomic E-state index is 12.3. The van der Waals surface area contributed by atoms with E-state index in [-0.39, 0.29) is 46.8 Å². The van der Waals surface area contributed by atoms with Crippen molar-refractivity contribution < 1.29 is 59.3 Å². The first kappa shape index (κ1) is 35.2. The first-order valence-corrected chi connectivity index (χ1v) is 12.5. The van der Waals surface area contributed by atoms with Gasteiger partial charge in [-0.25, -0.2) is 0 Å². The first-order valence-electron chi connectivity index (χ1n) is 12.5. The van der Waals surface area contributed by atoms with Gasteiger partial charge in [0.2, 0.25) is 6.10 Å². The van der Waals surface area contributed by atoms with Crippen LogP contribution in [-0.4, -0.2) is 28.4 Å². The average molecular weight is 565 g/mol. The largest absolute Gasteiger partial charge is 1.00 e. The number of aliphatic hydroxyl groups is 1. The summed E-state index contributed by atoms with van der Waals surface area (Å²) in [7, 11) is 0. The molecule has 2 amide bonds. The zero-order chi connectivity index (χ0) is 27.9. The molecule has 9 heteroatoms. The maximum Gasteiger partial charge on any atom is 1.00 e. The van der Waals surface area contributed by atoms with Gasteiger partial charge in [-0.1, -0.05) is 121 Å². The number of nitrogens with one attached hydrogen (secondary N) is 2. The van der Waals surface area contributed by atoms with E-state index in [1.165, 1.54) is 6.92 Å². The molecular weight excluding hydrogens is 531 g/mol. The molecule has 4 aromatic rings. The predicted molar refractivity (Wildman–Crippen MR) is 151 cm³/mol. The monoisotopic (exact) mass is 564 g/mol. The van der Waals surface area contributed by atoms with Crippen LogP contribution in [0.3, 0.4) is 0 Å². The first-order chi connectivity index (χ1) is 18.9. The molecule has 0 aliphatic rings. The van der Waals surface area contributed by atoms with Crippen LogP contribution in [-0.2, 0) is 32.2 Å². The molecule has 0 aliphatic heterocycles. The van der Waals surface area contributed by atoms with Crippen LogP contribution < -0.4 is 40.2 Å². The fraction of sp³-hybridized carbons (Fsp3) is 0.156. The second kappa shape index (κ2) is 19.3. The number of amides is 2. The number of carbonyl (C=O) groups excluding carboxylic acids is 3. The zero-order valence-corrected chi connectivity index (χ0v) is 25.1. The molecule has 0 heterocycles. The van der Waals surface area contributed by atoms with Gasteiger partial charge in [0.15, 0.2) is 6.10 Å². The van der Waals surface area contributed by atoms with Crippen LogP contribution in [0.15, 0.2) is 121 Å². The number of esters is 1. The van der Waals surface area contributed by atoms with Crippen LogP contribution >= 0.6 is 0 Å². The van der Waals surface area contributed by atoms with Gasteiger partial charge in [0, 0.05) is 25.6 Å². The van der Waals surface area contributed by atoms with Crippen molar-refractivity contribution in [2.75, 3.05) is 0 Å². The van der Waals surface area contributed by atoms with Crippen LogP contribution in [0, 0.1) is 0 Å². The van der Waals surface area contributed by atoms with Crippen LogP contribution in [0.4, 0.5) is 0 Å². The van der Waals surface area contributed by atoms with E-state index in [9.17, 15) is 19.5 Å². The third-order valence-corrected chi connectivity index (χ3v) is 5.61. The zero-order valence-electron chi connectivity index (χ0n) is 23.1. The van der Waals surface area contributed by atoms with Gasteiger partial charge in [-0.3, -0.25) is 14.4 Å². The molecule has 4 aromatic carbocycles. The summed E-state index contributed by atoms with van der Waals surface area (Å²) in [6.07, 6.45) is -2.04. The summed E-state index contributed by atoms with van der Waals surface area (Å²) in [5.41, 5.74) is 3.24. The number of benzene rings is 4. The standard InChI is InChI=1S/C17H17NO3.C15H15NO2.Na.H2O/c1-13(19)21-16(15-10-6-3-7-11-15)17(20)18-12-14-8-4-2-5-9-14;17-14(13-9-5-2-6-10-13)15(18)16-11-12-7-3-1-4-8-12;;/h2-11,16H,12H2,1H3,(H,18,20);1-10,14,17H,11H2,(H,16,18);;1H2/q;;+1;/p-1/t16-;14-;;/m00../s1. The molecule has 0 radical (unpaired) electrons. The van der Waals surface area contributed by atoms with Crippen molar-refractivity contribution in [1.82, 2.24) is 10.6 Å². The van der Waals surface area contributed by atoms with E-state index in [4.69, 9.17) is 4.74 Å². The van der Waals surface area contributed by atoms with E-state index in [2.05, 4.69) is 10.6 Å². The van der Waals surface area contributed by atoms with E-state index >= 15 is 0 Å². The molecule has 0 spiro atoms. The molecule has 0 fully saturated rings. The SMILES string of the molecule is CC(=O)O[C@H](C(=O)NCc1ccccc1)c1ccccc1.O=C(NCc1ccccc1)[C@@H](O)c1ccccc1.[Na+].[OH-]. The van der Waals surface area contributed by atoms with Crippen LogP contribution in [0.5, 0.6) is 0 Å². The fourth-order valence-corrected chi connectivity index (χ4v) is 3.61. The molecule has 8 nitrogen and oxygen atoms in total. The predicted octanol–water partition coefficient (Wildman–Crippen LogP) is 1.47. The van der Waals surface area contributed by atoms with Crippen LogP contribution in [0.1, 0.15) is 41.4 Å². The second-order valence-corrected chi connectivity index (χ2v) is 8.62. The van der Waals surface area contributed by atoms with Gasteiger partial charge in [-0.15, -0.1) is 0 Å². The Labute approximate surface area is 262 Å². The molecule has 0 saturated heterocycles. The van der Waals surface area contributed by atoms with Crippen molar-refractivity contribution in [3.05, 3.63) is 144 Å². The molecule has 208 valence electrons. The Morgan fingerprint density at radius 3 is 1.41 bits per heavy atom.